The van der Waals surface area contributed by atoms with Crippen molar-refractivity contribution >= 4 is 46.1 Å². The first-order valence-electron chi connectivity index (χ1n) is 7.22. The predicted molar refractivity (Wildman–Crippen MR) is 96.7 cm³/mol. The molecule has 0 aliphatic heterocycles. The molecule has 0 saturated carbocycles. The summed E-state index contributed by atoms with van der Waals surface area (Å²) < 4.78 is 30.4. The topological polar surface area (TPSA) is 56.1 Å². The van der Waals surface area contributed by atoms with Gasteiger partial charge < -0.3 is 10.1 Å². The third kappa shape index (κ3) is 4.72. The summed E-state index contributed by atoms with van der Waals surface area (Å²) in [7, 11) is 0. The van der Waals surface area contributed by atoms with Crippen LogP contribution in [0.3, 0.4) is 0 Å². The number of hydrogen-bond donors (Lipinski definition) is 1. The van der Waals surface area contributed by atoms with E-state index in [-0.39, 0.29) is 16.7 Å². The zero-order chi connectivity index (χ0) is 18.7. The minimum absolute atomic E-state index is 0.0227. The quantitative estimate of drug-likeness (QED) is 0.602. The molecule has 3 rings (SSSR count). The van der Waals surface area contributed by atoms with E-state index in [2.05, 4.69) is 15.2 Å². The smallest absolute Gasteiger partial charge is 0.387 e. The summed E-state index contributed by atoms with van der Waals surface area (Å²) in [5.41, 5.74) is 1.27. The van der Waals surface area contributed by atoms with Crippen molar-refractivity contribution in [2.24, 2.45) is 0 Å². The van der Waals surface area contributed by atoms with Crippen LogP contribution in [0, 0.1) is 0 Å². The van der Waals surface area contributed by atoms with Crippen LogP contribution in [0.5, 0.6) is 5.75 Å². The van der Waals surface area contributed by atoms with Gasteiger partial charge in [-0.2, -0.15) is 13.9 Å². The van der Waals surface area contributed by atoms with Gasteiger partial charge in [0.25, 0.3) is 5.91 Å². The summed E-state index contributed by atoms with van der Waals surface area (Å²) in [6, 6.07) is 5.79. The highest BCUT2D eigenvalue weighted by Crippen LogP contribution is 2.29. The molecule has 0 unspecified atom stereocenters. The van der Waals surface area contributed by atoms with E-state index in [4.69, 9.17) is 23.2 Å². The number of carbonyl (C=O) groups excluding carboxylic acids is 1. The molecule has 0 saturated heterocycles. The molecule has 0 bridgehead atoms. The first-order valence-corrected chi connectivity index (χ1v) is 8.85. The van der Waals surface area contributed by atoms with Crippen LogP contribution in [0.1, 0.15) is 15.2 Å². The molecule has 0 atom stereocenters. The average molecular weight is 418 g/mol. The second-order valence-electron chi connectivity index (χ2n) is 5.15. The lowest BCUT2D eigenvalue weighted by molar-refractivity contribution is -0.0497. The van der Waals surface area contributed by atoms with Crippen molar-refractivity contribution in [3.05, 3.63) is 62.5 Å². The van der Waals surface area contributed by atoms with Gasteiger partial charge in [-0.25, -0.2) is 0 Å². The number of nitrogens with zero attached hydrogens (tertiary/aromatic N) is 2. The zero-order valence-corrected chi connectivity index (χ0v) is 15.3. The predicted octanol–water partition coefficient (Wildman–Crippen LogP) is 5.15. The lowest BCUT2D eigenvalue weighted by Gasteiger charge is -2.09. The van der Waals surface area contributed by atoms with Crippen LogP contribution in [-0.4, -0.2) is 22.3 Å². The van der Waals surface area contributed by atoms with E-state index in [0.717, 1.165) is 5.56 Å². The Morgan fingerprint density at radius 1 is 1.35 bits per heavy atom. The van der Waals surface area contributed by atoms with Gasteiger partial charge in [0.1, 0.15) is 5.75 Å². The van der Waals surface area contributed by atoms with Crippen LogP contribution >= 0.6 is 34.5 Å². The van der Waals surface area contributed by atoms with Gasteiger partial charge in [-0.15, -0.1) is 11.3 Å². The van der Waals surface area contributed by atoms with Crippen molar-refractivity contribution < 1.29 is 18.3 Å². The summed E-state index contributed by atoms with van der Waals surface area (Å²) in [6.45, 7) is -2.48. The fourth-order valence-corrected chi connectivity index (χ4v) is 3.33. The van der Waals surface area contributed by atoms with Crippen molar-refractivity contribution in [1.82, 2.24) is 9.78 Å². The molecule has 0 fully saturated rings. The Morgan fingerprint density at radius 2 is 2.15 bits per heavy atom. The Morgan fingerprint density at radius 3 is 2.81 bits per heavy atom. The van der Waals surface area contributed by atoms with Crippen molar-refractivity contribution in [2.75, 3.05) is 5.32 Å². The van der Waals surface area contributed by atoms with Crippen LogP contribution in [0.2, 0.25) is 10.0 Å². The number of ether oxygens (including phenoxy) is 1. The summed E-state index contributed by atoms with van der Waals surface area (Å²) >= 11 is 13.0. The number of halogens is 4. The second-order valence-corrected chi connectivity index (χ2v) is 6.91. The normalized spacial score (nSPS) is 11.0. The first-order chi connectivity index (χ1) is 12.4. The van der Waals surface area contributed by atoms with Crippen LogP contribution in [0.25, 0.3) is 0 Å². The number of thiophene rings is 1. The maximum absolute atomic E-state index is 12.3. The van der Waals surface area contributed by atoms with Crippen molar-refractivity contribution in [3.8, 4) is 5.75 Å². The molecule has 1 amide bonds. The number of anilines is 1. The maximum Gasteiger partial charge on any atom is 0.387 e. The number of carbonyl (C=O) groups is 1. The van der Waals surface area contributed by atoms with Gasteiger partial charge in [-0.1, -0.05) is 23.2 Å². The Kier molecular flexibility index (Phi) is 5.75. The fourth-order valence-electron chi connectivity index (χ4n) is 2.15. The number of amides is 1. The second kappa shape index (κ2) is 8.03. The summed E-state index contributed by atoms with van der Waals surface area (Å²) in [6.07, 6.45) is 3.22. The Balaban J connectivity index is 1.65. The number of nitrogens with one attached hydrogen (secondary N) is 1. The Labute approximate surface area is 161 Å². The van der Waals surface area contributed by atoms with Gasteiger partial charge in [-0.3, -0.25) is 9.48 Å². The molecule has 136 valence electrons. The monoisotopic (exact) mass is 417 g/mol. The van der Waals surface area contributed by atoms with Gasteiger partial charge in [-0.05, 0) is 35.2 Å². The summed E-state index contributed by atoms with van der Waals surface area (Å²) in [4.78, 5) is 12.8. The summed E-state index contributed by atoms with van der Waals surface area (Å²) in [5.74, 6) is -0.491. The van der Waals surface area contributed by atoms with E-state index in [0.29, 0.717) is 22.1 Å². The minimum atomic E-state index is -2.97. The minimum Gasteiger partial charge on any atom is -0.433 e. The van der Waals surface area contributed by atoms with Gasteiger partial charge in [0.05, 0.1) is 27.7 Å². The molecule has 0 aliphatic carbocycles. The molecule has 2 heterocycles. The molecule has 0 spiro atoms. The van der Waals surface area contributed by atoms with E-state index in [1.165, 1.54) is 35.7 Å². The standard InChI is InChI=1S/C16H11Cl2F2N3O2S/c17-10-5-21-23(7-10)6-9-3-14(26-8-9)15(24)22-11-1-2-13(12(18)4-11)25-16(19)20/h1-5,7-8,16H,6H2,(H,22,24). The van der Waals surface area contributed by atoms with Crippen LogP contribution in [-0.2, 0) is 6.54 Å². The number of rotatable bonds is 6. The maximum atomic E-state index is 12.3. The van der Waals surface area contributed by atoms with E-state index in [1.54, 1.807) is 16.9 Å². The number of alkyl halides is 2. The van der Waals surface area contributed by atoms with Gasteiger partial charge in [0.15, 0.2) is 0 Å². The van der Waals surface area contributed by atoms with Crippen LogP contribution in [0.15, 0.2) is 42.0 Å². The molecular weight excluding hydrogens is 407 g/mol. The lowest BCUT2D eigenvalue weighted by atomic mass is 10.2. The molecule has 3 aromatic rings. The number of aromatic nitrogens is 2. The van der Waals surface area contributed by atoms with Crippen molar-refractivity contribution in [2.45, 2.75) is 13.2 Å². The highest BCUT2D eigenvalue weighted by atomic mass is 35.5. The lowest BCUT2D eigenvalue weighted by Crippen LogP contribution is -2.10. The Bertz CT molecular complexity index is 930. The third-order valence-electron chi connectivity index (χ3n) is 3.23. The molecule has 10 heteroatoms. The van der Waals surface area contributed by atoms with E-state index in [1.807, 2.05) is 5.38 Å². The first kappa shape index (κ1) is 18.6. The summed E-state index contributed by atoms with van der Waals surface area (Å²) in [5, 5.41) is 9.10. The highest BCUT2D eigenvalue weighted by molar-refractivity contribution is 7.12. The highest BCUT2D eigenvalue weighted by Gasteiger charge is 2.13. The molecule has 1 aromatic carbocycles. The average Bonchev–Trinajstić information content (AvgIpc) is 3.19. The molecule has 26 heavy (non-hydrogen) atoms. The van der Waals surface area contributed by atoms with E-state index >= 15 is 0 Å². The largest absolute Gasteiger partial charge is 0.433 e. The van der Waals surface area contributed by atoms with Crippen molar-refractivity contribution in [1.29, 1.82) is 0 Å². The molecule has 0 aliphatic rings. The van der Waals surface area contributed by atoms with Gasteiger partial charge >= 0.3 is 6.61 Å². The number of hydrogen-bond acceptors (Lipinski definition) is 4. The van der Waals surface area contributed by atoms with Gasteiger partial charge in [0, 0.05) is 11.9 Å². The molecule has 0 radical (unpaired) electrons. The molecule has 2 aromatic heterocycles. The Hall–Kier alpha value is -2.16. The van der Waals surface area contributed by atoms with Gasteiger partial charge in [0.2, 0.25) is 0 Å². The van der Waals surface area contributed by atoms with E-state index in [9.17, 15) is 13.6 Å². The van der Waals surface area contributed by atoms with E-state index < -0.39 is 6.61 Å². The van der Waals surface area contributed by atoms with Crippen LogP contribution in [0.4, 0.5) is 14.5 Å². The SMILES string of the molecule is O=C(Nc1ccc(OC(F)F)c(Cl)c1)c1cc(Cn2cc(Cl)cn2)cs1. The third-order valence-corrected chi connectivity index (χ3v) is 4.70. The number of benzene rings is 1. The molecule has 1 N–H and O–H groups in total. The zero-order valence-electron chi connectivity index (χ0n) is 13.0. The molecule has 5 nitrogen and oxygen atoms in total. The fraction of sp³-hybridized carbons (Fsp3) is 0.125. The van der Waals surface area contributed by atoms with Crippen LogP contribution < -0.4 is 10.1 Å². The van der Waals surface area contributed by atoms with Crippen molar-refractivity contribution in [3.63, 3.8) is 0 Å². The molecular formula is C16H11Cl2F2N3O2S.